The number of nitrogens with zero attached hydrogens (tertiary/aromatic N) is 1. The molecule has 0 aliphatic carbocycles. The molecule has 2 rings (SSSR count). The van der Waals surface area contributed by atoms with Crippen LogP contribution in [0.3, 0.4) is 0 Å². The van der Waals surface area contributed by atoms with Gasteiger partial charge in [-0.15, -0.1) is 11.3 Å². The molecule has 1 aromatic carbocycles. The standard InChI is InChI=1S/C13H14N2O4S2/c1-9-14-8-12(20-9)21(18,19)15-11(13(16)17)7-10-5-3-2-4-6-10/h2-6,8,11,15H,7H2,1H3,(H,16,17)/t11-/m1/s1. The van der Waals surface area contributed by atoms with E-state index in [1.54, 1.807) is 31.2 Å². The number of aryl methyl sites for hydroxylation is 1. The second-order valence-corrected chi connectivity index (χ2v) is 7.58. The van der Waals surface area contributed by atoms with Crippen LogP contribution >= 0.6 is 11.3 Å². The Kier molecular flexibility index (Phi) is 4.71. The molecule has 0 aliphatic heterocycles. The molecule has 0 fully saturated rings. The fourth-order valence-corrected chi connectivity index (χ4v) is 4.05. The van der Waals surface area contributed by atoms with Crippen LogP contribution in [-0.2, 0) is 21.2 Å². The van der Waals surface area contributed by atoms with Gasteiger partial charge in [0.15, 0.2) is 4.21 Å². The Morgan fingerprint density at radius 3 is 2.57 bits per heavy atom. The summed E-state index contributed by atoms with van der Waals surface area (Å²) in [6.45, 7) is 1.68. The van der Waals surface area contributed by atoms with Crippen molar-refractivity contribution in [2.45, 2.75) is 23.6 Å². The van der Waals surface area contributed by atoms with Gasteiger partial charge in [0.2, 0.25) is 0 Å². The van der Waals surface area contributed by atoms with Crippen LogP contribution in [0.5, 0.6) is 0 Å². The summed E-state index contributed by atoms with van der Waals surface area (Å²) in [5.41, 5.74) is 0.744. The SMILES string of the molecule is Cc1ncc(S(=O)(=O)N[C@H](Cc2ccccc2)C(=O)O)s1. The van der Waals surface area contributed by atoms with E-state index in [1.165, 1.54) is 6.20 Å². The van der Waals surface area contributed by atoms with Crippen molar-refractivity contribution < 1.29 is 18.3 Å². The summed E-state index contributed by atoms with van der Waals surface area (Å²) in [5, 5.41) is 9.81. The summed E-state index contributed by atoms with van der Waals surface area (Å²) in [7, 11) is -3.88. The first-order chi connectivity index (χ1) is 9.88. The summed E-state index contributed by atoms with van der Waals surface area (Å²) < 4.78 is 26.5. The number of nitrogens with one attached hydrogen (secondary N) is 1. The van der Waals surface area contributed by atoms with Crippen LogP contribution in [0.25, 0.3) is 0 Å². The Hall–Kier alpha value is -1.77. The average molecular weight is 326 g/mol. The molecule has 1 atom stereocenters. The number of rotatable bonds is 6. The molecular formula is C13H14N2O4S2. The quantitative estimate of drug-likeness (QED) is 0.837. The molecule has 0 radical (unpaired) electrons. The van der Waals surface area contributed by atoms with Gasteiger partial charge in [-0.3, -0.25) is 4.79 Å². The van der Waals surface area contributed by atoms with Gasteiger partial charge in [0, 0.05) is 0 Å². The molecule has 8 heteroatoms. The van der Waals surface area contributed by atoms with E-state index in [9.17, 15) is 18.3 Å². The molecule has 112 valence electrons. The van der Waals surface area contributed by atoms with Gasteiger partial charge in [0.05, 0.1) is 11.2 Å². The van der Waals surface area contributed by atoms with Crippen molar-refractivity contribution in [3.63, 3.8) is 0 Å². The van der Waals surface area contributed by atoms with Gasteiger partial charge < -0.3 is 5.11 Å². The van der Waals surface area contributed by atoms with Crippen molar-refractivity contribution in [2.75, 3.05) is 0 Å². The topological polar surface area (TPSA) is 96.4 Å². The van der Waals surface area contributed by atoms with E-state index in [0.29, 0.717) is 5.01 Å². The van der Waals surface area contributed by atoms with Gasteiger partial charge in [0.1, 0.15) is 6.04 Å². The van der Waals surface area contributed by atoms with Crippen LogP contribution < -0.4 is 4.72 Å². The third-order valence-corrected chi connectivity index (χ3v) is 5.59. The minimum Gasteiger partial charge on any atom is -0.480 e. The smallest absolute Gasteiger partial charge is 0.322 e. The van der Waals surface area contributed by atoms with Crippen molar-refractivity contribution in [3.05, 3.63) is 47.1 Å². The first kappa shape index (κ1) is 15.6. The number of sulfonamides is 1. The number of hydrogen-bond donors (Lipinski definition) is 2. The predicted octanol–water partition coefficient (Wildman–Crippen LogP) is 1.43. The Labute approximate surface area is 126 Å². The first-order valence-corrected chi connectivity index (χ1v) is 8.40. The third-order valence-electron chi connectivity index (χ3n) is 2.74. The third kappa shape index (κ3) is 4.10. The maximum atomic E-state index is 12.1. The normalized spacial score (nSPS) is 13.0. The highest BCUT2D eigenvalue weighted by Crippen LogP contribution is 2.18. The number of carboxylic acids is 1. The Morgan fingerprint density at radius 1 is 1.38 bits per heavy atom. The van der Waals surface area contributed by atoms with E-state index >= 15 is 0 Å². The summed E-state index contributed by atoms with van der Waals surface area (Å²) in [4.78, 5) is 15.1. The number of thiazole rings is 1. The van der Waals surface area contributed by atoms with Gasteiger partial charge in [-0.05, 0) is 18.9 Å². The molecular weight excluding hydrogens is 312 g/mol. The number of benzene rings is 1. The van der Waals surface area contributed by atoms with Crippen LogP contribution in [0.4, 0.5) is 0 Å². The number of aromatic nitrogens is 1. The average Bonchev–Trinajstić information content (AvgIpc) is 2.86. The number of aliphatic carboxylic acids is 1. The molecule has 0 amide bonds. The van der Waals surface area contributed by atoms with Crippen molar-refractivity contribution in [1.29, 1.82) is 0 Å². The van der Waals surface area contributed by atoms with Gasteiger partial charge in [-0.2, -0.15) is 4.72 Å². The highest BCUT2D eigenvalue weighted by Gasteiger charge is 2.26. The molecule has 1 heterocycles. The predicted molar refractivity (Wildman–Crippen MR) is 78.7 cm³/mol. The lowest BCUT2D eigenvalue weighted by atomic mass is 10.1. The zero-order valence-corrected chi connectivity index (χ0v) is 12.8. The number of carboxylic acid groups (broad SMARTS) is 1. The summed E-state index contributed by atoms with van der Waals surface area (Å²) in [6, 6.07) is 7.64. The Balaban J connectivity index is 2.18. The minimum atomic E-state index is -3.88. The second kappa shape index (κ2) is 6.33. The fourth-order valence-electron chi connectivity index (χ4n) is 1.74. The van der Waals surface area contributed by atoms with E-state index in [0.717, 1.165) is 16.9 Å². The van der Waals surface area contributed by atoms with E-state index in [1.807, 2.05) is 6.07 Å². The highest BCUT2D eigenvalue weighted by molar-refractivity contribution is 7.91. The van der Waals surface area contributed by atoms with Gasteiger partial charge in [-0.1, -0.05) is 30.3 Å². The monoisotopic (exact) mass is 326 g/mol. The minimum absolute atomic E-state index is 0.0133. The van der Waals surface area contributed by atoms with E-state index in [2.05, 4.69) is 9.71 Å². The van der Waals surface area contributed by atoms with Crippen LogP contribution in [0.15, 0.2) is 40.7 Å². The van der Waals surface area contributed by atoms with Crippen molar-refractivity contribution in [1.82, 2.24) is 9.71 Å². The molecule has 1 aromatic heterocycles. The summed E-state index contributed by atoms with van der Waals surface area (Å²) in [6.07, 6.45) is 1.30. The maximum absolute atomic E-state index is 12.1. The summed E-state index contributed by atoms with van der Waals surface area (Å²) in [5.74, 6) is -1.22. The zero-order chi connectivity index (χ0) is 15.5. The largest absolute Gasteiger partial charge is 0.480 e. The molecule has 21 heavy (non-hydrogen) atoms. The number of carbonyl (C=O) groups is 1. The lowest BCUT2D eigenvalue weighted by Gasteiger charge is -2.13. The molecule has 0 saturated heterocycles. The van der Waals surface area contributed by atoms with Gasteiger partial charge in [0.25, 0.3) is 10.0 Å². The molecule has 6 nitrogen and oxygen atoms in total. The van der Waals surface area contributed by atoms with Gasteiger partial charge in [-0.25, -0.2) is 13.4 Å². The number of hydrogen-bond acceptors (Lipinski definition) is 5. The van der Waals surface area contributed by atoms with Crippen LogP contribution in [0, 0.1) is 6.92 Å². The van der Waals surface area contributed by atoms with E-state index < -0.39 is 22.0 Å². The lowest BCUT2D eigenvalue weighted by molar-refractivity contribution is -0.138. The molecule has 0 unspecified atom stereocenters. The maximum Gasteiger partial charge on any atom is 0.322 e. The lowest BCUT2D eigenvalue weighted by Crippen LogP contribution is -2.42. The van der Waals surface area contributed by atoms with Crippen molar-refractivity contribution in [3.8, 4) is 0 Å². The Morgan fingerprint density at radius 2 is 2.05 bits per heavy atom. The van der Waals surface area contributed by atoms with Crippen molar-refractivity contribution in [2.24, 2.45) is 0 Å². The molecule has 2 aromatic rings. The summed E-state index contributed by atoms with van der Waals surface area (Å²) >= 11 is 1.00. The molecule has 0 bridgehead atoms. The van der Waals surface area contributed by atoms with E-state index in [-0.39, 0.29) is 10.6 Å². The van der Waals surface area contributed by atoms with Crippen LogP contribution in [0.1, 0.15) is 10.6 Å². The van der Waals surface area contributed by atoms with Crippen LogP contribution in [0.2, 0.25) is 0 Å². The molecule has 0 aliphatic rings. The van der Waals surface area contributed by atoms with Crippen LogP contribution in [-0.4, -0.2) is 30.5 Å². The van der Waals surface area contributed by atoms with Crippen molar-refractivity contribution >= 4 is 27.3 Å². The first-order valence-electron chi connectivity index (χ1n) is 6.10. The zero-order valence-electron chi connectivity index (χ0n) is 11.2. The molecule has 0 saturated carbocycles. The second-order valence-electron chi connectivity index (χ2n) is 4.40. The fraction of sp³-hybridized carbons (Fsp3) is 0.231. The van der Waals surface area contributed by atoms with E-state index in [4.69, 9.17) is 0 Å². The Bertz CT molecular complexity index is 726. The van der Waals surface area contributed by atoms with Gasteiger partial charge >= 0.3 is 5.97 Å². The highest BCUT2D eigenvalue weighted by atomic mass is 32.2. The molecule has 2 N–H and O–H groups in total. The molecule has 0 spiro atoms.